The van der Waals surface area contributed by atoms with Gasteiger partial charge < -0.3 is 132 Å². The molecule has 2 aromatic rings. The highest BCUT2D eigenvalue weighted by Gasteiger charge is 2.37. The highest BCUT2D eigenvalue weighted by Crippen LogP contribution is 2.26. The summed E-state index contributed by atoms with van der Waals surface area (Å²) in [6, 6.07) is 14.3. The lowest BCUT2D eigenvalue weighted by atomic mass is 9.93. The maximum Gasteiger partial charge on any atom is 0.334 e. The van der Waals surface area contributed by atoms with Crippen molar-refractivity contribution in [3.05, 3.63) is 207 Å². The van der Waals surface area contributed by atoms with Gasteiger partial charge >= 0.3 is 35.9 Å². The lowest BCUT2D eigenvalue weighted by Gasteiger charge is -2.41. The van der Waals surface area contributed by atoms with E-state index in [9.17, 15) is 69.0 Å². The van der Waals surface area contributed by atoms with Gasteiger partial charge in [0.25, 0.3) is 0 Å². The molecule has 0 fully saturated rings. The number of amides is 4. The first-order valence-corrected chi connectivity index (χ1v) is 46.2. The molecule has 0 heterocycles. The largest absolute Gasteiger partial charge is 0.462 e. The summed E-state index contributed by atoms with van der Waals surface area (Å²) in [4.78, 5) is 105. The van der Waals surface area contributed by atoms with E-state index in [1.165, 1.54) is 32.6 Å². The monoisotopic (exact) mass is 2020 g/mol. The fraction of sp³-hybridized carbons (Fsp3) is 0.569. The summed E-state index contributed by atoms with van der Waals surface area (Å²) in [5.74, 6) is -3.50. The van der Waals surface area contributed by atoms with Gasteiger partial charge in [-0.3, -0.25) is 24.7 Å². The van der Waals surface area contributed by atoms with E-state index in [-0.39, 0.29) is 186 Å². The Labute approximate surface area is 840 Å². The number of hydrogen-bond acceptors (Lipinski definition) is 36. The zero-order valence-corrected chi connectivity index (χ0v) is 86.3. The molecule has 40 nitrogen and oxygen atoms in total. The molecule has 812 valence electrons. The molecule has 40 heteroatoms. The molecule has 0 aliphatic rings. The van der Waals surface area contributed by atoms with E-state index in [0.29, 0.717) is 102 Å². The van der Waals surface area contributed by atoms with Gasteiger partial charge in [0, 0.05) is 66.2 Å². The van der Waals surface area contributed by atoms with Crippen molar-refractivity contribution in [2.45, 2.75) is 199 Å². The van der Waals surface area contributed by atoms with Gasteiger partial charge in [-0.1, -0.05) is 186 Å². The van der Waals surface area contributed by atoms with Crippen LogP contribution in [0.25, 0.3) is 12.2 Å². The van der Waals surface area contributed by atoms with Crippen LogP contribution < -0.4 is 31.9 Å². The second-order valence-corrected chi connectivity index (χ2v) is 33.3. The molecule has 0 atom stereocenters. The summed E-state index contributed by atoms with van der Waals surface area (Å²) >= 11 is 0. The summed E-state index contributed by atoms with van der Waals surface area (Å²) in [5, 5.41) is 164. The molecule has 0 radical (unpaired) electrons. The minimum atomic E-state index is -0.999. The molecule has 0 bridgehead atoms. The van der Waals surface area contributed by atoms with Crippen LogP contribution in [-0.2, 0) is 80.1 Å². The van der Waals surface area contributed by atoms with Gasteiger partial charge in [-0.15, -0.1) is 13.2 Å². The Morgan fingerprint density at radius 3 is 1.04 bits per heavy atom. The summed E-state index contributed by atoms with van der Waals surface area (Å²) in [6.07, 6.45) is 12.1. The summed E-state index contributed by atoms with van der Waals surface area (Å²) in [5.41, 5.74) is 1.92. The number of carbonyl (C=O) groups is 8. The molecular formula is C102H173N9O31. The lowest BCUT2D eigenvalue weighted by molar-refractivity contribution is -0.286. The van der Waals surface area contributed by atoms with Crippen LogP contribution in [0.4, 0.5) is 4.79 Å². The van der Waals surface area contributed by atoms with Crippen molar-refractivity contribution in [1.29, 1.82) is 0 Å². The van der Waals surface area contributed by atoms with Crippen LogP contribution in [0, 0.1) is 0 Å². The first kappa shape index (κ1) is 143. The van der Waals surface area contributed by atoms with Crippen molar-refractivity contribution in [3.63, 3.8) is 0 Å². The van der Waals surface area contributed by atoms with Gasteiger partial charge in [-0.05, 0) is 128 Å². The van der Waals surface area contributed by atoms with E-state index in [4.69, 9.17) is 84.5 Å². The predicted molar refractivity (Wildman–Crippen MR) is 548 cm³/mol. The Morgan fingerprint density at radius 1 is 0.387 bits per heavy atom. The van der Waals surface area contributed by atoms with Crippen molar-refractivity contribution in [2.24, 2.45) is 0 Å². The van der Waals surface area contributed by atoms with Gasteiger partial charge in [0.1, 0.15) is 33.3 Å². The molecule has 4 amide bonds. The molecule has 0 saturated heterocycles. The topological polar surface area (TPSA) is 607 Å². The van der Waals surface area contributed by atoms with Crippen molar-refractivity contribution in [1.82, 2.24) is 46.6 Å². The molecule has 0 aliphatic carbocycles. The number of rotatable bonds is 66. The van der Waals surface area contributed by atoms with Gasteiger partial charge in [-0.2, -0.15) is 0 Å². The molecular weight excluding hydrogens is 1850 g/mol. The Balaban J connectivity index is -0.000000377. The third-order valence-corrected chi connectivity index (χ3v) is 21.6. The normalized spacial score (nSPS) is 11.1. The lowest BCUT2D eigenvalue weighted by Crippen LogP contribution is -2.58. The fourth-order valence-corrected chi connectivity index (χ4v) is 10.7. The molecule has 22 N–H and O–H groups in total. The van der Waals surface area contributed by atoms with Crippen LogP contribution in [-0.4, -0.2) is 374 Å². The minimum Gasteiger partial charge on any atom is -0.462 e. The third-order valence-electron chi connectivity index (χ3n) is 21.6. The van der Waals surface area contributed by atoms with Crippen molar-refractivity contribution >= 4 is 59.8 Å². The van der Waals surface area contributed by atoms with Crippen LogP contribution in [0.5, 0.6) is 0 Å². The van der Waals surface area contributed by atoms with Gasteiger partial charge in [0.05, 0.1) is 170 Å². The van der Waals surface area contributed by atoms with Crippen molar-refractivity contribution < 1.29 is 154 Å². The standard InChI is InChI=1S/C23H29NO2.C16H27NO6.C13H21NO6.C12H24N2O5.C11H21NO2.C10H19NO4.C9H17NO3.C8H15NO3/c1-4-19-7-11-21(12-8-19)15-24(23(6-3,17-25)18-26)16-22-13-9-20(5-2)10-14-22;1-6-16(9-18,10-19)17-13(7-22-14(20)11(2)3)8-23-15(21)12(4)5;1-9(2)12(17)19-7-14(11(5-15)6-16)8-20-13(18)10(3)4;1-4-12(8-15,9-16)14-11(17)13-5-6-18-19-7-10(2)3;1-4-7-12(8-5-2)11(6-3,9-13)10-14;1-8(2)10(14)15-5-3-4-11-9(6-12)7-13;1-4-9(5-11,6-12)10-8(13)7(2)3;1-3-7(12)9-8(4-2,5-10)6-11/h4-5,7-14,25-26H,1-2,6,15-18H2,3H3;13,17-19H,2,4,6-10H2,1,3,5H3;11,15-16H,1,3,5-8H2,2,4H3;15-16H,2,4-9H2,1,3H3,(H2,13,14,17);4-5,13-14H,1-2,6-10H2,3H3;9,11-13H,1,3-7H2,2H3;11-12H,2,4-6H2,1,3H3,(H,10,13);3,10-11H,1,4-6H2,2H3,(H,9,12). The Kier molecular flexibility index (Phi) is 83.7. The molecule has 2 aromatic carbocycles. The van der Waals surface area contributed by atoms with Crippen LogP contribution in [0.15, 0.2) is 185 Å². The van der Waals surface area contributed by atoms with Gasteiger partial charge in [-0.25, -0.2) is 43.4 Å². The number of hydrogen-bond donors (Lipinski definition) is 22. The Morgan fingerprint density at radius 2 is 0.739 bits per heavy atom. The number of nitrogens with one attached hydrogen (secondary N) is 6. The van der Waals surface area contributed by atoms with Crippen LogP contribution >= 0.6 is 0 Å². The molecule has 0 aliphatic heterocycles. The van der Waals surface area contributed by atoms with E-state index in [2.05, 4.69) is 140 Å². The fourth-order valence-electron chi connectivity index (χ4n) is 10.7. The van der Waals surface area contributed by atoms with Gasteiger partial charge in [0.2, 0.25) is 11.8 Å². The zero-order valence-electron chi connectivity index (χ0n) is 86.3. The Bertz CT molecular complexity index is 3810. The first-order chi connectivity index (χ1) is 67.1. The minimum absolute atomic E-state index is 0.0539. The number of benzene rings is 2. The molecule has 0 spiro atoms. The van der Waals surface area contributed by atoms with Crippen LogP contribution in [0.1, 0.15) is 157 Å². The maximum absolute atomic E-state index is 11.5. The maximum atomic E-state index is 11.5. The second kappa shape index (κ2) is 83.3. The molecule has 0 unspecified atom stereocenters. The van der Waals surface area contributed by atoms with E-state index >= 15 is 0 Å². The van der Waals surface area contributed by atoms with E-state index in [0.717, 1.165) is 33.9 Å². The number of aliphatic hydroxyl groups excluding tert-OH is 16. The third kappa shape index (κ3) is 60.5. The summed E-state index contributed by atoms with van der Waals surface area (Å²) < 4.78 is 24.8. The number of esters is 5. The number of urea groups is 1. The zero-order chi connectivity index (χ0) is 110. The Hall–Kier alpha value is -10.0. The molecule has 142 heavy (non-hydrogen) atoms. The SMILES string of the molecule is C=C(C)C(=O)NC(CC)(CO)CO.C=C(C)C(=O)OCC(COC(=O)C(=C)C)NC(CC)(CO)CO.C=C(C)C(=O)OCCCNC(CO)CO.C=C(C)C(=O)OCN(COC(=O)C(=C)C)C(CO)CO.C=C(C)COOCCNC(=O)NC(CC)(CO)CO.C=CC(=O)NC(CC)(CO)CO.C=CCN(CC=C)C(CC)(CO)CO.C=Cc1ccc(CN(Cc2ccc(C=C)cc2)C(CC)(CO)CO)cc1. The van der Waals surface area contributed by atoms with Crippen LogP contribution in [0.2, 0.25) is 0 Å². The van der Waals surface area contributed by atoms with E-state index in [1.807, 2.05) is 62.1 Å². The van der Waals surface area contributed by atoms with Gasteiger partial charge in [0.15, 0.2) is 0 Å². The number of aliphatic hydroxyl groups is 16. The first-order valence-electron chi connectivity index (χ1n) is 46.2. The number of ether oxygens (including phenoxy) is 5. The summed E-state index contributed by atoms with van der Waals surface area (Å²) in [6.45, 7) is 64.4. The predicted octanol–water partition coefficient (Wildman–Crippen LogP) is 3.63. The average Bonchev–Trinajstić information content (AvgIpc) is 0.805. The number of nitrogens with zero attached hydrogens (tertiary/aromatic N) is 3. The van der Waals surface area contributed by atoms with E-state index < -0.39 is 81.2 Å². The highest BCUT2D eigenvalue weighted by molar-refractivity contribution is 5.93. The second-order valence-electron chi connectivity index (χ2n) is 33.3. The molecule has 0 aromatic heterocycles. The van der Waals surface area contributed by atoms with Crippen molar-refractivity contribution in [2.75, 3.05) is 178 Å². The molecule has 0 saturated carbocycles. The smallest absolute Gasteiger partial charge is 0.334 e. The highest BCUT2D eigenvalue weighted by atomic mass is 17.2. The average molecular weight is 2020 g/mol. The van der Waals surface area contributed by atoms with E-state index in [1.54, 1.807) is 53.7 Å². The number of carbonyl (C=O) groups excluding carboxylic acids is 8. The quantitative estimate of drug-likeness (QED) is 0.00657. The van der Waals surface area contributed by atoms with Crippen LogP contribution in [0.3, 0.4) is 0 Å². The summed E-state index contributed by atoms with van der Waals surface area (Å²) in [7, 11) is 0. The van der Waals surface area contributed by atoms with Crippen molar-refractivity contribution in [3.8, 4) is 0 Å². The molecule has 2 rings (SSSR count).